The number of rotatable bonds is 6. The summed E-state index contributed by atoms with van der Waals surface area (Å²) in [5.41, 5.74) is 0.972. The van der Waals surface area contributed by atoms with Crippen molar-refractivity contribution in [1.29, 1.82) is 5.26 Å². The van der Waals surface area contributed by atoms with Crippen molar-refractivity contribution in [1.82, 2.24) is 19.8 Å². The fraction of sp³-hybridized carbons (Fsp3) is 0.500. The molecule has 0 bridgehead atoms. The van der Waals surface area contributed by atoms with Gasteiger partial charge in [-0.2, -0.15) is 5.26 Å². The Labute approximate surface area is 189 Å². The third-order valence-corrected chi connectivity index (χ3v) is 7.20. The number of carbonyl (C=O) groups is 1. The number of methoxy groups -OCH3 is 1. The SMILES string of the molecule is COCCN1C(=O)N(c2ccnc(C#N)n2)CC12CCC(c1ccccc1)(N(C)C)CC2. The summed E-state index contributed by atoms with van der Waals surface area (Å²) < 4.78 is 5.32. The Bertz CT molecular complexity index is 995. The molecule has 1 aromatic heterocycles. The van der Waals surface area contributed by atoms with Crippen molar-refractivity contribution in [3.63, 3.8) is 0 Å². The van der Waals surface area contributed by atoms with Gasteiger partial charge in [0.2, 0.25) is 5.82 Å². The monoisotopic (exact) mass is 434 g/mol. The molecule has 1 aromatic carbocycles. The van der Waals surface area contributed by atoms with Gasteiger partial charge in [0, 0.05) is 25.4 Å². The van der Waals surface area contributed by atoms with Crippen LogP contribution in [0.25, 0.3) is 0 Å². The summed E-state index contributed by atoms with van der Waals surface area (Å²) >= 11 is 0. The van der Waals surface area contributed by atoms with Gasteiger partial charge in [-0.15, -0.1) is 0 Å². The predicted molar refractivity (Wildman–Crippen MR) is 121 cm³/mol. The molecule has 0 N–H and O–H groups in total. The summed E-state index contributed by atoms with van der Waals surface area (Å²) in [7, 11) is 5.94. The molecule has 2 amide bonds. The van der Waals surface area contributed by atoms with E-state index in [0.717, 1.165) is 25.7 Å². The van der Waals surface area contributed by atoms with Crippen LogP contribution in [0.15, 0.2) is 42.6 Å². The van der Waals surface area contributed by atoms with Crippen molar-refractivity contribution in [3.8, 4) is 6.07 Å². The number of benzene rings is 1. The highest BCUT2D eigenvalue weighted by Crippen LogP contribution is 2.49. The maximum atomic E-state index is 13.5. The lowest BCUT2D eigenvalue weighted by molar-refractivity contribution is 0.0189. The Morgan fingerprint density at radius 2 is 1.88 bits per heavy atom. The summed E-state index contributed by atoms with van der Waals surface area (Å²) in [5.74, 6) is 0.549. The van der Waals surface area contributed by atoms with Gasteiger partial charge in [-0.05, 0) is 51.4 Å². The average Bonchev–Trinajstić information content (AvgIpc) is 3.09. The second kappa shape index (κ2) is 8.85. The number of aromatic nitrogens is 2. The van der Waals surface area contributed by atoms with Crippen LogP contribution in [0.3, 0.4) is 0 Å². The third kappa shape index (κ3) is 3.72. The molecule has 2 heterocycles. The van der Waals surface area contributed by atoms with E-state index >= 15 is 0 Å². The summed E-state index contributed by atoms with van der Waals surface area (Å²) in [6, 6.07) is 14.2. The summed E-state index contributed by atoms with van der Waals surface area (Å²) in [5, 5.41) is 9.19. The van der Waals surface area contributed by atoms with E-state index in [4.69, 9.17) is 4.74 Å². The fourth-order valence-electron chi connectivity index (χ4n) is 5.34. The smallest absolute Gasteiger partial charge is 0.326 e. The summed E-state index contributed by atoms with van der Waals surface area (Å²) in [4.78, 5) is 27.7. The van der Waals surface area contributed by atoms with Crippen LogP contribution in [0.5, 0.6) is 0 Å². The second-order valence-corrected chi connectivity index (χ2v) is 8.88. The minimum absolute atomic E-state index is 0.0567. The Morgan fingerprint density at radius 1 is 1.16 bits per heavy atom. The number of carbonyl (C=O) groups excluding carboxylic acids is 1. The third-order valence-electron chi connectivity index (χ3n) is 7.20. The molecule has 1 saturated carbocycles. The molecular weight excluding hydrogens is 404 g/mol. The van der Waals surface area contributed by atoms with E-state index in [1.54, 1.807) is 18.1 Å². The molecule has 4 rings (SSSR count). The van der Waals surface area contributed by atoms with Crippen LogP contribution in [0, 0.1) is 11.3 Å². The summed E-state index contributed by atoms with van der Waals surface area (Å²) in [6.45, 7) is 1.56. The first-order valence-corrected chi connectivity index (χ1v) is 11.0. The highest BCUT2D eigenvalue weighted by atomic mass is 16.5. The topological polar surface area (TPSA) is 85.6 Å². The van der Waals surface area contributed by atoms with Crippen molar-refractivity contribution in [3.05, 3.63) is 54.0 Å². The largest absolute Gasteiger partial charge is 0.383 e. The fourth-order valence-corrected chi connectivity index (χ4v) is 5.34. The van der Waals surface area contributed by atoms with E-state index in [0.29, 0.717) is 25.5 Å². The second-order valence-electron chi connectivity index (χ2n) is 8.88. The Balaban J connectivity index is 1.65. The molecule has 1 aliphatic heterocycles. The predicted octanol–water partition coefficient (Wildman–Crippen LogP) is 3.01. The van der Waals surface area contributed by atoms with Gasteiger partial charge in [-0.3, -0.25) is 9.80 Å². The number of hydrogen-bond donors (Lipinski definition) is 0. The molecular formula is C24H30N6O2. The van der Waals surface area contributed by atoms with Gasteiger partial charge in [-0.25, -0.2) is 14.8 Å². The van der Waals surface area contributed by atoms with E-state index in [1.165, 1.54) is 11.8 Å². The number of anilines is 1. The number of nitrogens with zero attached hydrogens (tertiary/aromatic N) is 6. The van der Waals surface area contributed by atoms with Crippen LogP contribution in [-0.4, -0.2) is 72.2 Å². The Morgan fingerprint density at radius 3 is 2.50 bits per heavy atom. The standard InChI is InChI=1S/C24H30N6O2/c1-28(2)24(19-7-5-4-6-8-19)12-10-23(11-13-24)18-29(22(31)30(23)15-16-32-3)21-9-14-26-20(17-25)27-21/h4-9,14H,10-13,15-16,18H2,1-3H3. The van der Waals surface area contributed by atoms with Crippen LogP contribution in [0.4, 0.5) is 10.6 Å². The first-order chi connectivity index (χ1) is 15.5. The van der Waals surface area contributed by atoms with E-state index in [9.17, 15) is 10.1 Å². The molecule has 0 atom stereocenters. The van der Waals surface area contributed by atoms with Gasteiger partial charge >= 0.3 is 6.03 Å². The lowest BCUT2D eigenvalue weighted by atomic mass is 9.68. The molecule has 2 fully saturated rings. The van der Waals surface area contributed by atoms with Gasteiger partial charge in [0.15, 0.2) is 0 Å². The highest BCUT2D eigenvalue weighted by Gasteiger charge is 2.54. The normalized spacial score (nSPS) is 25.5. The number of urea groups is 1. The van der Waals surface area contributed by atoms with Gasteiger partial charge in [0.25, 0.3) is 0 Å². The highest BCUT2D eigenvalue weighted by molar-refractivity contribution is 5.94. The quantitative estimate of drug-likeness (QED) is 0.695. The van der Waals surface area contributed by atoms with Gasteiger partial charge in [-0.1, -0.05) is 30.3 Å². The minimum Gasteiger partial charge on any atom is -0.383 e. The molecule has 2 aliphatic rings. The number of amides is 2. The van der Waals surface area contributed by atoms with Gasteiger partial charge in [0.1, 0.15) is 11.9 Å². The molecule has 32 heavy (non-hydrogen) atoms. The Kier molecular flexibility index (Phi) is 6.13. The van der Waals surface area contributed by atoms with Crippen molar-refractivity contribution in [2.45, 2.75) is 36.8 Å². The molecule has 1 spiro atoms. The maximum Gasteiger partial charge on any atom is 0.326 e. The first-order valence-electron chi connectivity index (χ1n) is 11.0. The van der Waals surface area contributed by atoms with Crippen LogP contribution in [0.1, 0.15) is 37.1 Å². The van der Waals surface area contributed by atoms with E-state index < -0.39 is 0 Å². The number of ether oxygens (including phenoxy) is 1. The summed E-state index contributed by atoms with van der Waals surface area (Å²) in [6.07, 6.45) is 5.18. The van der Waals surface area contributed by atoms with Gasteiger partial charge < -0.3 is 9.64 Å². The number of hydrogen-bond acceptors (Lipinski definition) is 6. The van der Waals surface area contributed by atoms with Crippen LogP contribution < -0.4 is 4.90 Å². The lowest BCUT2D eigenvalue weighted by Gasteiger charge is -2.51. The molecule has 0 radical (unpaired) electrons. The van der Waals surface area contributed by atoms with Crippen LogP contribution >= 0.6 is 0 Å². The molecule has 168 valence electrons. The molecule has 2 aromatic rings. The van der Waals surface area contributed by atoms with Crippen molar-refractivity contribution < 1.29 is 9.53 Å². The zero-order chi connectivity index (χ0) is 22.8. The van der Waals surface area contributed by atoms with E-state index in [1.807, 2.05) is 17.0 Å². The minimum atomic E-state index is -0.290. The zero-order valence-electron chi connectivity index (χ0n) is 19.0. The van der Waals surface area contributed by atoms with E-state index in [-0.39, 0.29) is 22.9 Å². The average molecular weight is 435 g/mol. The lowest BCUT2D eigenvalue weighted by Crippen LogP contribution is -2.56. The maximum absolute atomic E-state index is 13.5. The van der Waals surface area contributed by atoms with Gasteiger partial charge in [0.05, 0.1) is 18.7 Å². The molecule has 8 heteroatoms. The first kappa shape index (κ1) is 22.2. The molecule has 1 saturated heterocycles. The molecule has 8 nitrogen and oxygen atoms in total. The van der Waals surface area contributed by atoms with Crippen LogP contribution in [0.2, 0.25) is 0 Å². The number of nitriles is 1. The zero-order valence-corrected chi connectivity index (χ0v) is 19.0. The Hall–Kier alpha value is -3.02. The van der Waals surface area contributed by atoms with Crippen molar-refractivity contribution >= 4 is 11.8 Å². The van der Waals surface area contributed by atoms with Crippen molar-refractivity contribution in [2.24, 2.45) is 0 Å². The van der Waals surface area contributed by atoms with Crippen molar-refractivity contribution in [2.75, 3.05) is 45.8 Å². The van der Waals surface area contributed by atoms with Crippen LogP contribution in [-0.2, 0) is 10.3 Å². The molecule has 0 unspecified atom stereocenters. The van der Waals surface area contributed by atoms with E-state index in [2.05, 4.69) is 53.2 Å². The molecule has 1 aliphatic carbocycles.